The molecule has 10 heavy (non-hydrogen) atoms. The third-order valence-corrected chi connectivity index (χ3v) is 1.79. The topological polar surface area (TPSA) is 20.3 Å². The minimum atomic E-state index is 0.0741. The van der Waals surface area contributed by atoms with Crippen LogP contribution < -0.4 is 0 Å². The molecule has 1 amide bonds. The van der Waals surface area contributed by atoms with Crippen molar-refractivity contribution in [2.75, 3.05) is 6.54 Å². The average Bonchev–Trinajstić information content (AvgIpc) is 2.73. The van der Waals surface area contributed by atoms with Crippen LogP contribution in [0.2, 0.25) is 0 Å². The molecule has 0 saturated heterocycles. The lowest BCUT2D eigenvalue weighted by Gasteiger charge is -2.17. The molecule has 2 nitrogen and oxygen atoms in total. The molecule has 0 aliphatic heterocycles. The number of carbonyl (C=O) groups is 1. The van der Waals surface area contributed by atoms with E-state index in [9.17, 15) is 4.79 Å². The number of nitrogens with zero attached hydrogens (tertiary/aromatic N) is 1. The van der Waals surface area contributed by atoms with Gasteiger partial charge in [-0.15, -0.1) is 0 Å². The normalized spacial score (nSPS) is 16.5. The van der Waals surface area contributed by atoms with Gasteiger partial charge in [-0.05, 0) is 25.8 Å². The number of likely N-dealkylation sites (N-methyl/N-ethyl adjacent to an activating group) is 1. The van der Waals surface area contributed by atoms with E-state index < -0.39 is 0 Å². The van der Waals surface area contributed by atoms with Gasteiger partial charge in [0.2, 0.25) is 5.91 Å². The van der Waals surface area contributed by atoms with Crippen molar-refractivity contribution in [3.8, 4) is 0 Å². The van der Waals surface area contributed by atoms with Crippen molar-refractivity contribution in [3.05, 3.63) is 12.7 Å². The summed E-state index contributed by atoms with van der Waals surface area (Å²) >= 11 is 0. The molecule has 0 heterocycles. The van der Waals surface area contributed by atoms with Crippen molar-refractivity contribution in [3.63, 3.8) is 0 Å². The smallest absolute Gasteiger partial charge is 0.246 e. The maximum Gasteiger partial charge on any atom is 0.246 e. The molecule has 0 N–H and O–H groups in total. The highest BCUT2D eigenvalue weighted by molar-refractivity contribution is 5.87. The molecule has 0 aromatic heterocycles. The lowest BCUT2D eigenvalue weighted by molar-refractivity contribution is -0.126. The lowest BCUT2D eigenvalue weighted by atomic mass is 10.4. The van der Waals surface area contributed by atoms with Crippen LogP contribution in [0.4, 0.5) is 0 Å². The molecule has 1 rings (SSSR count). The number of carbonyl (C=O) groups excluding carboxylic acids is 1. The van der Waals surface area contributed by atoms with Gasteiger partial charge in [0.05, 0.1) is 0 Å². The second-order valence-electron chi connectivity index (χ2n) is 2.56. The first kappa shape index (κ1) is 7.32. The highest BCUT2D eigenvalue weighted by atomic mass is 16.2. The van der Waals surface area contributed by atoms with Crippen LogP contribution in [0.3, 0.4) is 0 Å². The van der Waals surface area contributed by atoms with Gasteiger partial charge in [0.1, 0.15) is 0 Å². The maximum atomic E-state index is 11.0. The van der Waals surface area contributed by atoms with Crippen LogP contribution >= 0.6 is 0 Å². The molecule has 0 radical (unpaired) electrons. The molecular weight excluding hydrogens is 126 g/mol. The van der Waals surface area contributed by atoms with Gasteiger partial charge in [-0.2, -0.15) is 0 Å². The van der Waals surface area contributed by atoms with E-state index in [0.717, 1.165) is 6.54 Å². The molecular formula is C8H13NO. The van der Waals surface area contributed by atoms with Crippen molar-refractivity contribution in [1.82, 2.24) is 4.90 Å². The fourth-order valence-electron chi connectivity index (χ4n) is 1.10. The highest BCUT2D eigenvalue weighted by Crippen LogP contribution is 2.26. The first-order valence-electron chi connectivity index (χ1n) is 3.72. The molecule has 0 bridgehead atoms. The van der Waals surface area contributed by atoms with Crippen molar-refractivity contribution >= 4 is 5.91 Å². The Hall–Kier alpha value is -0.790. The summed E-state index contributed by atoms with van der Waals surface area (Å²) in [7, 11) is 0. The largest absolute Gasteiger partial charge is 0.336 e. The summed E-state index contributed by atoms with van der Waals surface area (Å²) in [6.45, 7) is 6.26. The highest BCUT2D eigenvalue weighted by Gasteiger charge is 2.29. The second kappa shape index (κ2) is 2.86. The van der Waals surface area contributed by atoms with Gasteiger partial charge in [0.25, 0.3) is 0 Å². The van der Waals surface area contributed by atoms with Gasteiger partial charge in [-0.3, -0.25) is 4.79 Å². The summed E-state index contributed by atoms with van der Waals surface area (Å²) in [4.78, 5) is 12.9. The number of hydrogen-bond donors (Lipinski definition) is 0. The van der Waals surface area contributed by atoms with Crippen LogP contribution in [0.25, 0.3) is 0 Å². The molecule has 0 atom stereocenters. The minimum absolute atomic E-state index is 0.0741. The van der Waals surface area contributed by atoms with Gasteiger partial charge in [-0.25, -0.2) is 0 Å². The summed E-state index contributed by atoms with van der Waals surface area (Å²) in [6, 6.07) is 0.524. The number of amides is 1. The predicted octanol–water partition coefficient (Wildman–Crippen LogP) is 1.18. The third kappa shape index (κ3) is 1.38. The zero-order valence-electron chi connectivity index (χ0n) is 6.34. The summed E-state index contributed by atoms with van der Waals surface area (Å²) in [5.41, 5.74) is 0. The maximum absolute atomic E-state index is 11.0. The fraction of sp³-hybridized carbons (Fsp3) is 0.625. The number of hydrogen-bond acceptors (Lipinski definition) is 1. The van der Waals surface area contributed by atoms with Crippen LogP contribution in [0, 0.1) is 0 Å². The Kier molecular flexibility index (Phi) is 2.10. The van der Waals surface area contributed by atoms with Crippen LogP contribution in [0.5, 0.6) is 0 Å². The van der Waals surface area contributed by atoms with Crippen LogP contribution in [-0.4, -0.2) is 23.4 Å². The summed E-state index contributed by atoms with van der Waals surface area (Å²) in [5, 5.41) is 0. The summed E-state index contributed by atoms with van der Waals surface area (Å²) < 4.78 is 0. The molecule has 56 valence electrons. The lowest BCUT2D eigenvalue weighted by Crippen LogP contribution is -2.30. The SMILES string of the molecule is C=CC(=O)N(CC)C1CC1. The van der Waals surface area contributed by atoms with Crippen LogP contribution in [0.15, 0.2) is 12.7 Å². The van der Waals surface area contributed by atoms with E-state index in [4.69, 9.17) is 0 Å². The van der Waals surface area contributed by atoms with E-state index >= 15 is 0 Å². The molecule has 1 fully saturated rings. The summed E-state index contributed by atoms with van der Waals surface area (Å²) in [5.74, 6) is 0.0741. The quantitative estimate of drug-likeness (QED) is 0.538. The molecule has 1 saturated carbocycles. The first-order chi connectivity index (χ1) is 4.79. The van der Waals surface area contributed by atoms with Crippen LogP contribution in [0.1, 0.15) is 19.8 Å². The fourth-order valence-corrected chi connectivity index (χ4v) is 1.10. The predicted molar refractivity (Wildman–Crippen MR) is 40.6 cm³/mol. The van der Waals surface area contributed by atoms with Gasteiger partial charge in [0.15, 0.2) is 0 Å². The summed E-state index contributed by atoms with van der Waals surface area (Å²) in [6.07, 6.45) is 3.74. The van der Waals surface area contributed by atoms with E-state index in [-0.39, 0.29) is 5.91 Å². The molecule has 0 unspecified atom stereocenters. The van der Waals surface area contributed by atoms with E-state index in [2.05, 4.69) is 6.58 Å². The molecule has 1 aliphatic carbocycles. The van der Waals surface area contributed by atoms with E-state index in [1.54, 1.807) is 0 Å². The number of rotatable bonds is 3. The standard InChI is InChI=1S/C8H13NO/c1-3-8(10)9(4-2)7-5-6-7/h3,7H,1,4-6H2,2H3. The first-order valence-corrected chi connectivity index (χ1v) is 3.72. The Morgan fingerprint density at radius 1 is 1.80 bits per heavy atom. The minimum Gasteiger partial charge on any atom is -0.336 e. The van der Waals surface area contributed by atoms with E-state index in [1.807, 2.05) is 11.8 Å². The molecule has 0 aromatic carbocycles. The van der Waals surface area contributed by atoms with Crippen molar-refractivity contribution in [2.24, 2.45) is 0 Å². The zero-order valence-corrected chi connectivity index (χ0v) is 6.34. The van der Waals surface area contributed by atoms with Gasteiger partial charge >= 0.3 is 0 Å². The average molecular weight is 139 g/mol. The van der Waals surface area contributed by atoms with Gasteiger partial charge in [-0.1, -0.05) is 6.58 Å². The Morgan fingerprint density at radius 3 is 2.70 bits per heavy atom. The Balaban J connectivity index is 2.45. The van der Waals surface area contributed by atoms with Crippen molar-refractivity contribution in [2.45, 2.75) is 25.8 Å². The second-order valence-corrected chi connectivity index (χ2v) is 2.56. The van der Waals surface area contributed by atoms with Gasteiger partial charge < -0.3 is 4.90 Å². The third-order valence-electron chi connectivity index (χ3n) is 1.79. The molecule has 0 spiro atoms. The molecule has 0 aromatic rings. The molecule has 2 heteroatoms. The van der Waals surface area contributed by atoms with Crippen LogP contribution in [-0.2, 0) is 4.79 Å². The Morgan fingerprint density at radius 2 is 2.40 bits per heavy atom. The van der Waals surface area contributed by atoms with Gasteiger partial charge in [0, 0.05) is 12.6 Å². The van der Waals surface area contributed by atoms with E-state index in [1.165, 1.54) is 18.9 Å². The van der Waals surface area contributed by atoms with Crippen molar-refractivity contribution in [1.29, 1.82) is 0 Å². The monoisotopic (exact) mass is 139 g/mol. The van der Waals surface area contributed by atoms with E-state index in [0.29, 0.717) is 6.04 Å². The van der Waals surface area contributed by atoms with Crippen molar-refractivity contribution < 1.29 is 4.79 Å². The Bertz CT molecular complexity index is 149. The zero-order chi connectivity index (χ0) is 7.56. The Labute approximate surface area is 61.5 Å². The molecule has 1 aliphatic rings.